The minimum absolute atomic E-state index is 0.0373. The van der Waals surface area contributed by atoms with Gasteiger partial charge in [0, 0.05) is 85.6 Å². The molecule has 1 saturated heterocycles. The lowest BCUT2D eigenvalue weighted by Gasteiger charge is -2.28. The van der Waals surface area contributed by atoms with E-state index in [1.807, 2.05) is 0 Å². The van der Waals surface area contributed by atoms with Crippen molar-refractivity contribution in [2.24, 2.45) is 5.92 Å². The second-order valence-electron chi connectivity index (χ2n) is 18.3. The van der Waals surface area contributed by atoms with Gasteiger partial charge in [-0.05, 0) is 88.9 Å². The highest BCUT2D eigenvalue weighted by atomic mass is 16.5. The molecule has 4 nitrogen and oxygen atoms in total. The van der Waals surface area contributed by atoms with Crippen molar-refractivity contribution in [1.82, 2.24) is 9.13 Å². The molecule has 0 saturated carbocycles. The van der Waals surface area contributed by atoms with Crippen LogP contribution in [-0.2, 0) is 6.54 Å². The number of anilines is 1. The monoisotopic (exact) mass is 835 g/mol. The maximum absolute atomic E-state index is 6.49. The summed E-state index contributed by atoms with van der Waals surface area (Å²) in [6, 6.07) is 60.8. The summed E-state index contributed by atoms with van der Waals surface area (Å²) in [5, 5.41) is 5.10. The predicted molar refractivity (Wildman–Crippen MR) is 269 cm³/mol. The summed E-state index contributed by atoms with van der Waals surface area (Å²) in [6.07, 6.45) is 20.9. The van der Waals surface area contributed by atoms with Crippen LogP contribution in [0, 0.1) is 5.92 Å². The number of nitrogens with zero attached hydrogens (tertiary/aromatic N) is 3. The van der Waals surface area contributed by atoms with Crippen molar-refractivity contribution < 1.29 is 4.74 Å². The van der Waals surface area contributed by atoms with Crippen molar-refractivity contribution in [1.29, 1.82) is 0 Å². The highest BCUT2D eigenvalue weighted by Crippen LogP contribution is 2.49. The molecule has 9 aromatic rings. The number of aromatic nitrogens is 2. The van der Waals surface area contributed by atoms with E-state index in [4.69, 9.17) is 4.74 Å². The van der Waals surface area contributed by atoms with Crippen molar-refractivity contribution >= 4 is 60.6 Å². The topological polar surface area (TPSA) is 22.3 Å². The summed E-state index contributed by atoms with van der Waals surface area (Å²) in [6.45, 7) is 0.830. The largest absolute Gasteiger partial charge is 0.485 e. The molecule has 5 aliphatic rings. The Balaban J connectivity index is 0.912. The summed E-state index contributed by atoms with van der Waals surface area (Å²) in [5.41, 5.74) is 17.8. The molecule has 4 unspecified atom stereocenters. The number of allylic oxidation sites excluding steroid dienone is 7. The van der Waals surface area contributed by atoms with Crippen LogP contribution in [0.25, 0.3) is 66.0 Å². The van der Waals surface area contributed by atoms with E-state index in [1.54, 1.807) is 0 Å². The van der Waals surface area contributed by atoms with E-state index in [1.165, 1.54) is 99.7 Å². The summed E-state index contributed by atoms with van der Waals surface area (Å²) in [5.74, 6) is 1.57. The highest BCUT2D eigenvalue weighted by molar-refractivity contribution is 6.13. The van der Waals surface area contributed by atoms with E-state index in [0.29, 0.717) is 5.92 Å². The lowest BCUT2D eigenvalue weighted by atomic mass is 9.83. The molecule has 0 N–H and O–H groups in total. The fraction of sp³-hybridized carbons (Fsp3) is 0.115. The molecule has 1 fully saturated rings. The van der Waals surface area contributed by atoms with Crippen LogP contribution in [0.4, 0.5) is 5.69 Å². The lowest BCUT2D eigenvalue weighted by molar-refractivity contribution is 0.279. The van der Waals surface area contributed by atoms with Crippen LogP contribution in [0.3, 0.4) is 0 Å². The molecule has 65 heavy (non-hydrogen) atoms. The standard InChI is InChI=1S/C61H45N3O/c1-3-13-39(14-4-1)38-62-54-20-10-7-17-46(54)51-33-40(25-30-55(51)62)42-23-28-48-49-29-24-43(41-26-31-57-52(34-41)47-18-8-11-21-56(47)63(57)44-15-5-2-6-16-44)36-59(49)64(58(48)35-42)45-27-32-61-53(37-45)50-19-9-12-22-60(50)65-61/h1-25,27-31,33-37,41,47,56,61H,26,32,38H2. The average molecular weight is 836 g/mol. The average Bonchev–Trinajstić information content (AvgIpc) is 4.10. The number of benzene rings is 7. The Bertz CT molecular complexity index is 3630. The van der Waals surface area contributed by atoms with Gasteiger partial charge < -0.3 is 18.8 Å². The Kier molecular flexibility index (Phi) is 8.09. The first kappa shape index (κ1) is 36.6. The lowest BCUT2D eigenvalue weighted by Crippen LogP contribution is -2.30. The Morgan fingerprint density at radius 2 is 1.28 bits per heavy atom. The number of rotatable bonds is 6. The number of fused-ring (bicyclic) bond motifs is 12. The summed E-state index contributed by atoms with van der Waals surface area (Å²) >= 11 is 0. The first-order valence-corrected chi connectivity index (χ1v) is 23.1. The van der Waals surface area contributed by atoms with Gasteiger partial charge in [-0.25, -0.2) is 0 Å². The summed E-state index contributed by atoms with van der Waals surface area (Å²) in [4.78, 5) is 2.55. The molecular formula is C61H45N3O. The van der Waals surface area contributed by atoms with Gasteiger partial charge >= 0.3 is 0 Å². The second kappa shape index (κ2) is 14.4. The van der Waals surface area contributed by atoms with Crippen LogP contribution >= 0.6 is 0 Å². The van der Waals surface area contributed by atoms with Crippen LogP contribution < -0.4 is 9.64 Å². The van der Waals surface area contributed by atoms with Crippen molar-refractivity contribution in [3.8, 4) is 16.9 Å². The normalized spacial score (nSPS) is 20.6. The van der Waals surface area contributed by atoms with Crippen molar-refractivity contribution in [2.45, 2.75) is 37.5 Å². The minimum atomic E-state index is 0.0373. The van der Waals surface area contributed by atoms with Gasteiger partial charge in [0.2, 0.25) is 0 Å². The van der Waals surface area contributed by atoms with Crippen LogP contribution in [-0.4, -0.2) is 21.3 Å². The SMILES string of the molecule is C1=CC2C3=CC(c4ccc5c6ccc(-c7ccc8c(c7)c7ccccc7n8Cc7ccccc7)cc6n(C6=CCC7Oc8ccccc8C7=C6)c5c4)CC=C3N(c3ccccc3)C2C=C1. The first-order valence-electron chi connectivity index (χ1n) is 23.1. The Hall–Kier alpha value is -7.82. The highest BCUT2D eigenvalue weighted by Gasteiger charge is 2.41. The van der Waals surface area contributed by atoms with E-state index in [2.05, 4.69) is 226 Å². The van der Waals surface area contributed by atoms with Gasteiger partial charge in [0.25, 0.3) is 0 Å². The van der Waals surface area contributed by atoms with E-state index >= 15 is 0 Å². The number of hydrogen-bond donors (Lipinski definition) is 0. The van der Waals surface area contributed by atoms with E-state index in [-0.39, 0.29) is 18.1 Å². The molecule has 2 aromatic heterocycles. The first-order chi connectivity index (χ1) is 32.2. The number of hydrogen-bond acceptors (Lipinski definition) is 2. The predicted octanol–water partition coefficient (Wildman–Crippen LogP) is 14.6. The fourth-order valence-corrected chi connectivity index (χ4v) is 11.7. The molecule has 3 aliphatic carbocycles. The van der Waals surface area contributed by atoms with Crippen LogP contribution in [0.15, 0.2) is 224 Å². The Morgan fingerprint density at radius 1 is 0.554 bits per heavy atom. The molecule has 2 aliphatic heterocycles. The van der Waals surface area contributed by atoms with Gasteiger partial charge in [0.05, 0.1) is 17.1 Å². The molecular weight excluding hydrogens is 791 g/mol. The fourth-order valence-electron chi connectivity index (χ4n) is 11.7. The van der Waals surface area contributed by atoms with Crippen molar-refractivity contribution in [3.05, 3.63) is 240 Å². The van der Waals surface area contributed by atoms with Gasteiger partial charge in [-0.2, -0.15) is 0 Å². The maximum Gasteiger partial charge on any atom is 0.128 e. The molecule has 4 heterocycles. The number of ether oxygens (including phenoxy) is 1. The molecule has 0 radical (unpaired) electrons. The maximum atomic E-state index is 6.49. The van der Waals surface area contributed by atoms with Gasteiger partial charge in [-0.3, -0.25) is 0 Å². The molecule has 0 amide bonds. The smallest absolute Gasteiger partial charge is 0.128 e. The molecule has 310 valence electrons. The van der Waals surface area contributed by atoms with Gasteiger partial charge in [-0.15, -0.1) is 0 Å². The zero-order valence-corrected chi connectivity index (χ0v) is 35.9. The van der Waals surface area contributed by atoms with Gasteiger partial charge in [-0.1, -0.05) is 158 Å². The minimum Gasteiger partial charge on any atom is -0.485 e. The molecule has 7 aromatic carbocycles. The van der Waals surface area contributed by atoms with Crippen LogP contribution in [0.2, 0.25) is 0 Å². The van der Waals surface area contributed by atoms with Gasteiger partial charge in [0.1, 0.15) is 11.9 Å². The molecule has 4 atom stereocenters. The van der Waals surface area contributed by atoms with E-state index < -0.39 is 0 Å². The third-order valence-corrected chi connectivity index (χ3v) is 14.7. The van der Waals surface area contributed by atoms with Crippen molar-refractivity contribution in [3.63, 3.8) is 0 Å². The Labute approximate surface area is 378 Å². The summed E-state index contributed by atoms with van der Waals surface area (Å²) in [7, 11) is 0. The van der Waals surface area contributed by atoms with Crippen LogP contribution in [0.1, 0.15) is 35.4 Å². The summed E-state index contributed by atoms with van der Waals surface area (Å²) < 4.78 is 11.5. The second-order valence-corrected chi connectivity index (χ2v) is 18.3. The van der Waals surface area contributed by atoms with E-state index in [0.717, 1.165) is 25.1 Å². The third kappa shape index (κ3) is 5.69. The zero-order chi connectivity index (χ0) is 42.6. The quantitative estimate of drug-likeness (QED) is 0.166. The Morgan fingerprint density at radius 3 is 2.18 bits per heavy atom. The van der Waals surface area contributed by atoms with Crippen LogP contribution in [0.5, 0.6) is 5.75 Å². The molecule has 14 rings (SSSR count). The molecule has 0 bridgehead atoms. The molecule has 4 heteroatoms. The number of para-hydroxylation sites is 3. The zero-order valence-electron chi connectivity index (χ0n) is 35.9. The third-order valence-electron chi connectivity index (χ3n) is 14.7. The molecule has 0 spiro atoms. The van der Waals surface area contributed by atoms with E-state index in [9.17, 15) is 0 Å². The van der Waals surface area contributed by atoms with Crippen molar-refractivity contribution in [2.75, 3.05) is 4.90 Å². The van der Waals surface area contributed by atoms with Gasteiger partial charge in [0.15, 0.2) is 0 Å².